The van der Waals surface area contributed by atoms with E-state index >= 15 is 0 Å². The van der Waals surface area contributed by atoms with E-state index in [1.807, 2.05) is 6.92 Å². The molecular weight excluding hydrogens is 420 g/mol. The summed E-state index contributed by atoms with van der Waals surface area (Å²) in [4.78, 5) is 12.6. The number of rotatable bonds is 4. The number of fused-ring (bicyclic) bond motifs is 3. The van der Waals surface area contributed by atoms with Crippen molar-refractivity contribution in [3.05, 3.63) is 34.5 Å². The lowest BCUT2D eigenvalue weighted by molar-refractivity contribution is -0.0654. The zero-order valence-electron chi connectivity index (χ0n) is 17.7. The fourth-order valence-corrected chi connectivity index (χ4v) is 5.77. The number of nitrogens with zero attached hydrogens (tertiary/aromatic N) is 2. The number of nitrogens with one attached hydrogen (secondary N) is 2. The van der Waals surface area contributed by atoms with Crippen molar-refractivity contribution in [1.82, 2.24) is 14.5 Å². The van der Waals surface area contributed by atoms with Gasteiger partial charge in [0.1, 0.15) is 12.2 Å². The summed E-state index contributed by atoms with van der Waals surface area (Å²) < 4.78 is 40.5. The second-order valence-corrected chi connectivity index (χ2v) is 10.4. The molecule has 0 saturated carbocycles. The van der Waals surface area contributed by atoms with Gasteiger partial charge in [-0.05, 0) is 67.7 Å². The molecule has 0 radical (unpaired) electrons. The highest BCUT2D eigenvalue weighted by Crippen LogP contribution is 2.38. The van der Waals surface area contributed by atoms with Crippen LogP contribution in [0.1, 0.15) is 42.0 Å². The van der Waals surface area contributed by atoms with Crippen molar-refractivity contribution in [2.24, 2.45) is 0 Å². The van der Waals surface area contributed by atoms with E-state index in [4.69, 9.17) is 9.47 Å². The van der Waals surface area contributed by atoms with Crippen LogP contribution in [0.5, 0.6) is 5.88 Å². The Balaban J connectivity index is 1.38. The van der Waals surface area contributed by atoms with Crippen LogP contribution in [0.3, 0.4) is 0 Å². The lowest BCUT2D eigenvalue weighted by atomic mass is 9.99. The summed E-state index contributed by atoms with van der Waals surface area (Å²) in [5.41, 5.74) is 4.99. The molecule has 2 aliphatic carbocycles. The number of hydrogen-bond acceptors (Lipinski definition) is 6. The van der Waals surface area contributed by atoms with Gasteiger partial charge in [-0.3, -0.25) is 0 Å². The Labute approximate surface area is 181 Å². The third kappa shape index (κ3) is 3.47. The van der Waals surface area contributed by atoms with Crippen molar-refractivity contribution < 1.29 is 22.7 Å². The Hall–Kier alpha value is -2.59. The summed E-state index contributed by atoms with van der Waals surface area (Å²) >= 11 is 0. The minimum atomic E-state index is -4.16. The molecule has 0 spiro atoms. The van der Waals surface area contributed by atoms with Crippen molar-refractivity contribution in [2.75, 3.05) is 19.0 Å². The van der Waals surface area contributed by atoms with Crippen LogP contribution in [0.2, 0.25) is 0 Å². The zero-order chi connectivity index (χ0) is 21.8. The average Bonchev–Trinajstić information content (AvgIpc) is 3.46. The van der Waals surface area contributed by atoms with Gasteiger partial charge < -0.3 is 14.8 Å². The highest BCUT2D eigenvalue weighted by atomic mass is 32.2. The standard InChI is InChI=1S/C21H26N4O5S/c1-21(29-2)11-25-19(30-12-21)17(10-22-25)31(27,28)24-20(26)23-18-15-7-3-5-13(15)9-14-6-4-8-16(14)18/h9-10H,3-8,11-12H2,1-2H3,(H2,23,24,26)/t21-/m1/s1. The van der Waals surface area contributed by atoms with Gasteiger partial charge in [0.05, 0.1) is 12.7 Å². The summed E-state index contributed by atoms with van der Waals surface area (Å²) in [5.74, 6) is 0.108. The van der Waals surface area contributed by atoms with E-state index in [1.54, 1.807) is 7.11 Å². The van der Waals surface area contributed by atoms with Crippen LogP contribution in [-0.4, -0.2) is 43.5 Å². The van der Waals surface area contributed by atoms with Crippen molar-refractivity contribution in [3.63, 3.8) is 0 Å². The number of benzene rings is 1. The number of anilines is 1. The molecule has 0 unspecified atom stereocenters. The topological polar surface area (TPSA) is 112 Å². The number of amides is 2. The van der Waals surface area contributed by atoms with E-state index in [-0.39, 0.29) is 17.4 Å². The molecule has 166 valence electrons. The molecule has 1 atom stereocenters. The fraction of sp³-hybridized carbons (Fsp3) is 0.524. The Bertz CT molecular complexity index is 1140. The van der Waals surface area contributed by atoms with Gasteiger partial charge in [0.2, 0.25) is 5.88 Å². The number of hydrogen-bond donors (Lipinski definition) is 2. The van der Waals surface area contributed by atoms with Crippen LogP contribution in [0.25, 0.3) is 0 Å². The smallest absolute Gasteiger partial charge is 0.333 e. The summed E-state index contributed by atoms with van der Waals surface area (Å²) in [6, 6.07) is 1.49. The van der Waals surface area contributed by atoms with Crippen LogP contribution in [-0.2, 0) is 47.0 Å². The molecule has 2 amide bonds. The molecule has 9 nitrogen and oxygen atoms in total. The SMILES string of the molecule is CO[C@@]1(C)COc2c(S(=O)(=O)NC(=O)Nc3c4c(cc5c3CCC5)CCC4)cnn2C1. The second-order valence-electron chi connectivity index (χ2n) is 8.71. The number of methoxy groups -OCH3 is 1. The average molecular weight is 447 g/mol. The van der Waals surface area contributed by atoms with E-state index in [0.717, 1.165) is 55.3 Å². The largest absolute Gasteiger partial charge is 0.474 e. The van der Waals surface area contributed by atoms with Gasteiger partial charge in [-0.2, -0.15) is 5.10 Å². The summed E-state index contributed by atoms with van der Waals surface area (Å²) in [6.07, 6.45) is 7.08. The maximum Gasteiger partial charge on any atom is 0.333 e. The van der Waals surface area contributed by atoms with E-state index in [2.05, 4.69) is 21.2 Å². The highest BCUT2D eigenvalue weighted by molar-refractivity contribution is 7.90. The number of aromatic nitrogens is 2. The Morgan fingerprint density at radius 3 is 2.52 bits per heavy atom. The van der Waals surface area contributed by atoms with E-state index in [1.165, 1.54) is 22.0 Å². The van der Waals surface area contributed by atoms with Gasteiger partial charge in [0.15, 0.2) is 4.90 Å². The first-order valence-electron chi connectivity index (χ1n) is 10.5. The van der Waals surface area contributed by atoms with Crippen LogP contribution in [0.15, 0.2) is 17.2 Å². The quantitative estimate of drug-likeness (QED) is 0.745. The van der Waals surface area contributed by atoms with Gasteiger partial charge in [-0.25, -0.2) is 22.6 Å². The molecule has 1 aliphatic heterocycles. The summed E-state index contributed by atoms with van der Waals surface area (Å²) in [7, 11) is -2.59. The molecule has 2 heterocycles. The lowest BCUT2D eigenvalue weighted by Gasteiger charge is -2.32. The fourth-order valence-electron chi connectivity index (χ4n) is 4.79. The molecule has 2 aromatic rings. The first-order chi connectivity index (χ1) is 14.8. The third-order valence-corrected chi connectivity index (χ3v) is 7.79. The molecule has 0 fully saturated rings. The van der Waals surface area contributed by atoms with Crippen molar-refractivity contribution in [3.8, 4) is 5.88 Å². The summed E-state index contributed by atoms with van der Waals surface area (Å²) in [6.45, 7) is 2.39. The van der Waals surface area contributed by atoms with Gasteiger partial charge >= 0.3 is 6.03 Å². The van der Waals surface area contributed by atoms with Gasteiger partial charge in [-0.1, -0.05) is 6.07 Å². The molecule has 1 aromatic heterocycles. The number of ether oxygens (including phenoxy) is 2. The monoisotopic (exact) mass is 446 g/mol. The Morgan fingerprint density at radius 1 is 1.19 bits per heavy atom. The molecule has 5 rings (SSSR count). The number of carbonyl (C=O) groups is 1. The first-order valence-corrected chi connectivity index (χ1v) is 12.0. The predicted octanol–water partition coefficient (Wildman–Crippen LogP) is 2.17. The number of carbonyl (C=O) groups excluding carboxylic acids is 1. The van der Waals surface area contributed by atoms with Crippen LogP contribution < -0.4 is 14.8 Å². The van der Waals surface area contributed by atoms with Crippen molar-refractivity contribution in [1.29, 1.82) is 0 Å². The van der Waals surface area contributed by atoms with Crippen molar-refractivity contribution >= 4 is 21.7 Å². The maximum atomic E-state index is 12.9. The molecule has 2 N–H and O–H groups in total. The van der Waals surface area contributed by atoms with E-state index in [9.17, 15) is 13.2 Å². The first kappa shape index (κ1) is 20.3. The molecule has 3 aliphatic rings. The highest BCUT2D eigenvalue weighted by Gasteiger charge is 2.37. The van der Waals surface area contributed by atoms with E-state index < -0.39 is 21.7 Å². The number of urea groups is 1. The second kappa shape index (κ2) is 7.23. The number of sulfonamides is 1. The van der Waals surface area contributed by atoms with Gasteiger partial charge in [-0.15, -0.1) is 0 Å². The zero-order valence-corrected chi connectivity index (χ0v) is 18.5. The van der Waals surface area contributed by atoms with Crippen LogP contribution in [0, 0.1) is 0 Å². The van der Waals surface area contributed by atoms with Gasteiger partial charge in [0, 0.05) is 12.8 Å². The Kier molecular flexibility index (Phi) is 4.74. The normalized spacial score (nSPS) is 21.7. The number of aryl methyl sites for hydroxylation is 2. The van der Waals surface area contributed by atoms with Crippen molar-refractivity contribution in [2.45, 2.75) is 62.5 Å². The molecule has 1 aromatic carbocycles. The van der Waals surface area contributed by atoms with Gasteiger partial charge in [0.25, 0.3) is 10.0 Å². The summed E-state index contributed by atoms with van der Waals surface area (Å²) in [5, 5.41) is 6.96. The maximum absolute atomic E-state index is 12.9. The minimum Gasteiger partial charge on any atom is -0.474 e. The Morgan fingerprint density at radius 2 is 1.87 bits per heavy atom. The minimum absolute atomic E-state index is 0.108. The predicted molar refractivity (Wildman–Crippen MR) is 113 cm³/mol. The van der Waals surface area contributed by atoms with Crippen LogP contribution in [0.4, 0.5) is 10.5 Å². The van der Waals surface area contributed by atoms with E-state index in [0.29, 0.717) is 6.54 Å². The molecule has 10 heteroatoms. The molecule has 0 bridgehead atoms. The molecular formula is C21H26N4O5S. The van der Waals surface area contributed by atoms with Crippen LogP contribution >= 0.6 is 0 Å². The third-order valence-electron chi connectivity index (χ3n) is 6.48. The lowest BCUT2D eigenvalue weighted by Crippen LogP contribution is -2.44. The molecule has 31 heavy (non-hydrogen) atoms. The molecule has 0 saturated heterocycles.